The summed E-state index contributed by atoms with van der Waals surface area (Å²) < 4.78 is 28.8. The Morgan fingerprint density at radius 2 is 2.15 bits per heavy atom. The number of anilines is 2. The van der Waals surface area contributed by atoms with E-state index in [0.717, 1.165) is 0 Å². The number of benzene rings is 1. The van der Waals surface area contributed by atoms with Gasteiger partial charge in [0.05, 0.1) is 16.8 Å². The van der Waals surface area contributed by atoms with Crippen molar-refractivity contribution in [3.8, 4) is 0 Å². The quantitative estimate of drug-likeness (QED) is 0.847. The largest absolute Gasteiger partial charge is 0.398 e. The van der Waals surface area contributed by atoms with E-state index >= 15 is 0 Å². The first-order chi connectivity index (χ1) is 9.33. The average Bonchev–Trinajstić information content (AvgIpc) is 2.80. The van der Waals surface area contributed by atoms with Crippen molar-refractivity contribution in [2.24, 2.45) is 0 Å². The first kappa shape index (κ1) is 14.7. The fourth-order valence-electron chi connectivity index (χ4n) is 1.75. The number of nitrogens with zero attached hydrogens (tertiary/aromatic N) is 2. The van der Waals surface area contributed by atoms with Crippen LogP contribution in [-0.2, 0) is 16.6 Å². The summed E-state index contributed by atoms with van der Waals surface area (Å²) in [7, 11) is -3.75. The molecule has 0 saturated heterocycles. The number of nitrogens with one attached hydrogen (secondary N) is 1. The molecule has 0 spiro atoms. The van der Waals surface area contributed by atoms with Crippen molar-refractivity contribution < 1.29 is 8.42 Å². The standard InChI is InChI=1S/C12H15ClN4O2S/c1-3-17-7-10(6-15-17)16-20(18,19)12-5-9(13)4-11(14)8(12)2/h4-7,16H,3,14H2,1-2H3. The van der Waals surface area contributed by atoms with Gasteiger partial charge in [-0.3, -0.25) is 9.40 Å². The van der Waals surface area contributed by atoms with E-state index in [9.17, 15) is 8.42 Å². The van der Waals surface area contributed by atoms with Crippen molar-refractivity contribution in [2.45, 2.75) is 25.3 Å². The van der Waals surface area contributed by atoms with Crippen molar-refractivity contribution in [3.05, 3.63) is 35.1 Å². The number of sulfonamides is 1. The molecule has 0 radical (unpaired) electrons. The number of aromatic nitrogens is 2. The summed E-state index contributed by atoms with van der Waals surface area (Å²) in [6.45, 7) is 4.20. The first-order valence-corrected chi connectivity index (χ1v) is 7.80. The molecule has 6 nitrogen and oxygen atoms in total. The Balaban J connectivity index is 2.40. The van der Waals surface area contributed by atoms with Gasteiger partial charge in [0.25, 0.3) is 10.0 Å². The van der Waals surface area contributed by atoms with Crippen molar-refractivity contribution >= 4 is 33.0 Å². The maximum absolute atomic E-state index is 12.4. The minimum absolute atomic E-state index is 0.0618. The third kappa shape index (κ3) is 2.88. The molecule has 0 atom stereocenters. The highest BCUT2D eigenvalue weighted by molar-refractivity contribution is 7.92. The highest BCUT2D eigenvalue weighted by Crippen LogP contribution is 2.27. The smallest absolute Gasteiger partial charge is 0.262 e. The summed E-state index contributed by atoms with van der Waals surface area (Å²) in [6.07, 6.45) is 3.06. The van der Waals surface area contributed by atoms with Crippen LogP contribution in [0.4, 0.5) is 11.4 Å². The lowest BCUT2D eigenvalue weighted by molar-refractivity contribution is 0.600. The number of nitrogens with two attached hydrogens (primary N) is 1. The molecule has 0 aliphatic carbocycles. The van der Waals surface area contributed by atoms with Gasteiger partial charge in [0.15, 0.2) is 0 Å². The van der Waals surface area contributed by atoms with Gasteiger partial charge in [-0.05, 0) is 31.5 Å². The molecule has 20 heavy (non-hydrogen) atoms. The highest BCUT2D eigenvalue weighted by atomic mass is 35.5. The molecule has 0 unspecified atom stereocenters. The van der Waals surface area contributed by atoms with Crippen molar-refractivity contribution in [1.82, 2.24) is 9.78 Å². The molecule has 0 aliphatic rings. The van der Waals surface area contributed by atoms with Crippen LogP contribution in [0, 0.1) is 6.92 Å². The fraction of sp³-hybridized carbons (Fsp3) is 0.250. The van der Waals surface area contributed by atoms with Crippen LogP contribution in [0.25, 0.3) is 0 Å². The monoisotopic (exact) mass is 314 g/mol. The Hall–Kier alpha value is -1.73. The van der Waals surface area contributed by atoms with Crippen LogP contribution in [0.3, 0.4) is 0 Å². The summed E-state index contributed by atoms with van der Waals surface area (Å²) in [5, 5.41) is 4.28. The van der Waals surface area contributed by atoms with E-state index in [0.29, 0.717) is 23.5 Å². The Bertz CT molecular complexity index is 740. The van der Waals surface area contributed by atoms with E-state index in [4.69, 9.17) is 17.3 Å². The van der Waals surface area contributed by atoms with Crippen LogP contribution in [0.2, 0.25) is 5.02 Å². The Morgan fingerprint density at radius 1 is 1.45 bits per heavy atom. The summed E-state index contributed by atoms with van der Waals surface area (Å²) in [4.78, 5) is 0.0618. The molecule has 2 rings (SSSR count). The zero-order valence-corrected chi connectivity index (χ0v) is 12.7. The van der Waals surface area contributed by atoms with Crippen LogP contribution < -0.4 is 10.5 Å². The SMILES string of the molecule is CCn1cc(NS(=O)(=O)c2cc(Cl)cc(N)c2C)cn1. The molecular formula is C12H15ClN4O2S. The summed E-state index contributed by atoms with van der Waals surface area (Å²) >= 11 is 5.87. The molecule has 1 aromatic carbocycles. The van der Waals surface area contributed by atoms with Crippen molar-refractivity contribution in [3.63, 3.8) is 0 Å². The number of hydrogen-bond donors (Lipinski definition) is 2. The van der Waals surface area contributed by atoms with Crippen LogP contribution in [0.1, 0.15) is 12.5 Å². The number of nitrogen functional groups attached to an aromatic ring is 1. The van der Waals surface area contributed by atoms with Gasteiger partial charge in [-0.25, -0.2) is 8.42 Å². The van der Waals surface area contributed by atoms with Gasteiger partial charge in [-0.2, -0.15) is 5.10 Å². The predicted molar refractivity (Wildman–Crippen MR) is 79.3 cm³/mol. The summed E-state index contributed by atoms with van der Waals surface area (Å²) in [5.74, 6) is 0. The van der Waals surface area contributed by atoms with Gasteiger partial charge >= 0.3 is 0 Å². The van der Waals surface area contributed by atoms with Crippen LogP contribution in [-0.4, -0.2) is 18.2 Å². The second-order valence-corrected chi connectivity index (χ2v) is 6.40. The van der Waals surface area contributed by atoms with Gasteiger partial charge in [0.1, 0.15) is 0 Å². The Kier molecular flexibility index (Phi) is 3.92. The maximum Gasteiger partial charge on any atom is 0.262 e. The van der Waals surface area contributed by atoms with Crippen LogP contribution >= 0.6 is 11.6 Å². The molecule has 0 fully saturated rings. The lowest BCUT2D eigenvalue weighted by atomic mass is 10.2. The second kappa shape index (κ2) is 5.34. The lowest BCUT2D eigenvalue weighted by Gasteiger charge is -2.11. The molecule has 8 heteroatoms. The van der Waals surface area contributed by atoms with Gasteiger partial charge in [0, 0.05) is 23.5 Å². The van der Waals surface area contributed by atoms with E-state index in [1.54, 1.807) is 17.8 Å². The molecule has 0 aliphatic heterocycles. The van der Waals surface area contributed by atoms with E-state index < -0.39 is 10.0 Å². The minimum atomic E-state index is -3.75. The molecule has 1 aromatic heterocycles. The van der Waals surface area contributed by atoms with Crippen LogP contribution in [0.5, 0.6) is 0 Å². The number of aryl methyl sites for hydroxylation is 1. The topological polar surface area (TPSA) is 90.0 Å². The molecule has 0 amide bonds. The van der Waals surface area contributed by atoms with Crippen molar-refractivity contribution in [2.75, 3.05) is 10.5 Å². The van der Waals surface area contributed by atoms with E-state index in [1.165, 1.54) is 18.3 Å². The maximum atomic E-state index is 12.4. The highest BCUT2D eigenvalue weighted by Gasteiger charge is 2.20. The zero-order valence-electron chi connectivity index (χ0n) is 11.1. The zero-order chi connectivity index (χ0) is 14.9. The summed E-state index contributed by atoms with van der Waals surface area (Å²) in [5.41, 5.74) is 6.94. The molecule has 3 N–H and O–H groups in total. The van der Waals surface area contributed by atoms with Gasteiger partial charge in [0.2, 0.25) is 0 Å². The third-order valence-corrected chi connectivity index (χ3v) is 4.59. The predicted octanol–water partition coefficient (Wildman–Crippen LogP) is 2.25. The minimum Gasteiger partial charge on any atom is -0.398 e. The molecule has 2 aromatic rings. The first-order valence-electron chi connectivity index (χ1n) is 5.94. The number of rotatable bonds is 4. The Morgan fingerprint density at radius 3 is 2.75 bits per heavy atom. The van der Waals surface area contributed by atoms with Crippen LogP contribution in [0.15, 0.2) is 29.4 Å². The van der Waals surface area contributed by atoms with Gasteiger partial charge in [-0.1, -0.05) is 11.6 Å². The Labute approximate surface area is 122 Å². The van der Waals surface area contributed by atoms with E-state index in [-0.39, 0.29) is 9.92 Å². The summed E-state index contributed by atoms with van der Waals surface area (Å²) in [6, 6.07) is 2.89. The molecule has 0 bridgehead atoms. The molecule has 0 saturated carbocycles. The fourth-order valence-corrected chi connectivity index (χ4v) is 3.37. The van der Waals surface area contributed by atoms with E-state index in [2.05, 4.69) is 9.82 Å². The second-order valence-electron chi connectivity index (χ2n) is 4.31. The van der Waals surface area contributed by atoms with Crippen molar-refractivity contribution in [1.29, 1.82) is 0 Å². The third-order valence-electron chi connectivity index (χ3n) is 2.86. The van der Waals surface area contributed by atoms with E-state index in [1.807, 2.05) is 6.92 Å². The van der Waals surface area contributed by atoms with Gasteiger partial charge in [-0.15, -0.1) is 0 Å². The average molecular weight is 315 g/mol. The molecule has 1 heterocycles. The number of hydrogen-bond acceptors (Lipinski definition) is 4. The molecule has 108 valence electrons. The normalized spacial score (nSPS) is 11.6. The number of halogens is 1. The lowest BCUT2D eigenvalue weighted by Crippen LogP contribution is -2.14. The molecular weight excluding hydrogens is 300 g/mol. The van der Waals surface area contributed by atoms with Gasteiger partial charge < -0.3 is 5.73 Å².